The number of nitrogens with zero attached hydrogens (tertiary/aromatic N) is 1. The molecule has 0 bridgehead atoms. The molecule has 0 saturated carbocycles. The van der Waals surface area contributed by atoms with E-state index in [1.54, 1.807) is 0 Å². The molecule has 23 heavy (non-hydrogen) atoms. The van der Waals surface area contributed by atoms with Crippen LogP contribution in [0.5, 0.6) is 0 Å². The normalized spacial score (nSPS) is 19.0. The highest BCUT2D eigenvalue weighted by Gasteiger charge is 2.33. The van der Waals surface area contributed by atoms with Crippen LogP contribution in [0.1, 0.15) is 45.1 Å². The van der Waals surface area contributed by atoms with Crippen LogP contribution in [0.15, 0.2) is 18.2 Å². The zero-order valence-electron chi connectivity index (χ0n) is 13.4. The second kappa shape index (κ2) is 7.53. The molecule has 2 unspecified atom stereocenters. The number of amides is 2. The number of carbonyl (C=O) groups is 2. The summed E-state index contributed by atoms with van der Waals surface area (Å²) in [6.07, 6.45) is 1.91. The molecule has 1 heterocycles. The van der Waals surface area contributed by atoms with Crippen LogP contribution < -0.4 is 5.32 Å². The second-order valence-corrected chi connectivity index (χ2v) is 6.01. The molecule has 1 aliphatic heterocycles. The van der Waals surface area contributed by atoms with Crippen LogP contribution in [-0.4, -0.2) is 28.8 Å². The fraction of sp³-hybridized carbons (Fsp3) is 0.529. The zero-order chi connectivity index (χ0) is 17.0. The van der Waals surface area contributed by atoms with Crippen molar-refractivity contribution in [2.24, 2.45) is 0 Å². The maximum absolute atomic E-state index is 13.8. The van der Waals surface area contributed by atoms with Crippen molar-refractivity contribution >= 4 is 11.8 Å². The first-order valence-electron chi connectivity index (χ1n) is 7.94. The van der Waals surface area contributed by atoms with Gasteiger partial charge >= 0.3 is 0 Å². The molecule has 2 atom stereocenters. The highest BCUT2D eigenvalue weighted by molar-refractivity contribution is 5.82. The van der Waals surface area contributed by atoms with E-state index in [1.807, 2.05) is 13.8 Å². The fourth-order valence-corrected chi connectivity index (χ4v) is 2.73. The summed E-state index contributed by atoms with van der Waals surface area (Å²) in [7, 11) is 0. The highest BCUT2D eigenvalue weighted by atomic mass is 19.2. The topological polar surface area (TPSA) is 49.4 Å². The number of nitrogens with one attached hydrogen (secondary N) is 1. The van der Waals surface area contributed by atoms with Crippen LogP contribution in [0.25, 0.3) is 0 Å². The Hall–Kier alpha value is -1.98. The summed E-state index contributed by atoms with van der Waals surface area (Å²) >= 11 is 0. The van der Waals surface area contributed by atoms with Gasteiger partial charge in [-0.25, -0.2) is 8.78 Å². The van der Waals surface area contributed by atoms with E-state index in [-0.39, 0.29) is 42.4 Å². The Balaban J connectivity index is 2.05. The Morgan fingerprint density at radius 3 is 2.87 bits per heavy atom. The first-order valence-corrected chi connectivity index (χ1v) is 7.94. The molecule has 1 fully saturated rings. The average Bonchev–Trinajstić information content (AvgIpc) is 2.84. The Morgan fingerprint density at radius 1 is 1.43 bits per heavy atom. The molecule has 0 radical (unpaired) electrons. The molecule has 2 amide bonds. The highest BCUT2D eigenvalue weighted by Crippen LogP contribution is 2.25. The number of carbonyl (C=O) groups excluding carboxylic acids is 2. The molecule has 1 aromatic rings. The van der Waals surface area contributed by atoms with Gasteiger partial charge in [0.15, 0.2) is 11.6 Å². The third-order valence-corrected chi connectivity index (χ3v) is 4.27. The van der Waals surface area contributed by atoms with Gasteiger partial charge in [0, 0.05) is 37.0 Å². The van der Waals surface area contributed by atoms with Crippen LogP contribution in [0, 0.1) is 11.6 Å². The van der Waals surface area contributed by atoms with Gasteiger partial charge in [-0.3, -0.25) is 9.59 Å². The zero-order valence-corrected chi connectivity index (χ0v) is 13.4. The molecule has 4 nitrogen and oxygen atoms in total. The van der Waals surface area contributed by atoms with E-state index in [0.29, 0.717) is 12.8 Å². The lowest BCUT2D eigenvalue weighted by atomic mass is 10.1. The Kier molecular flexibility index (Phi) is 5.69. The predicted octanol–water partition coefficient (Wildman–Crippen LogP) is 2.76. The quantitative estimate of drug-likeness (QED) is 0.875. The van der Waals surface area contributed by atoms with Crippen molar-refractivity contribution in [3.63, 3.8) is 0 Å². The number of hydrogen-bond acceptors (Lipinski definition) is 2. The molecule has 2 rings (SSSR count). The first kappa shape index (κ1) is 17.4. The van der Waals surface area contributed by atoms with E-state index < -0.39 is 11.6 Å². The number of benzene rings is 1. The van der Waals surface area contributed by atoms with E-state index in [1.165, 1.54) is 17.0 Å². The SMILES string of the molecule is CCC(C)NC(=O)CC1CCC(=O)N1Cc1cccc(F)c1F. The van der Waals surface area contributed by atoms with Gasteiger partial charge in [-0.05, 0) is 25.8 Å². The van der Waals surface area contributed by atoms with E-state index in [9.17, 15) is 18.4 Å². The molecular weight excluding hydrogens is 302 g/mol. The lowest BCUT2D eigenvalue weighted by Gasteiger charge is -2.25. The molecule has 1 N–H and O–H groups in total. The molecule has 0 spiro atoms. The predicted molar refractivity (Wildman–Crippen MR) is 82.4 cm³/mol. The Labute approximate surface area is 134 Å². The van der Waals surface area contributed by atoms with E-state index in [0.717, 1.165) is 12.5 Å². The minimum atomic E-state index is -0.935. The number of hydrogen-bond donors (Lipinski definition) is 1. The van der Waals surface area contributed by atoms with E-state index in [4.69, 9.17) is 0 Å². The van der Waals surface area contributed by atoms with E-state index in [2.05, 4.69) is 5.32 Å². The summed E-state index contributed by atoms with van der Waals surface area (Å²) in [5.74, 6) is -2.12. The Morgan fingerprint density at radius 2 is 2.17 bits per heavy atom. The van der Waals surface area contributed by atoms with Crippen molar-refractivity contribution in [3.8, 4) is 0 Å². The van der Waals surface area contributed by atoms with Gasteiger partial charge in [0.2, 0.25) is 11.8 Å². The standard InChI is InChI=1S/C17H22F2N2O2/c1-3-11(2)20-15(22)9-13-7-8-16(23)21(13)10-12-5-4-6-14(18)17(12)19/h4-6,11,13H,3,7-10H2,1-2H3,(H,20,22). The summed E-state index contributed by atoms with van der Waals surface area (Å²) in [4.78, 5) is 25.5. The van der Waals surface area contributed by atoms with Crippen molar-refractivity contribution in [1.29, 1.82) is 0 Å². The minimum absolute atomic E-state index is 0.0102. The van der Waals surface area contributed by atoms with Gasteiger partial charge < -0.3 is 10.2 Å². The van der Waals surface area contributed by atoms with Crippen LogP contribution in [-0.2, 0) is 16.1 Å². The number of rotatable bonds is 6. The van der Waals surface area contributed by atoms with Gasteiger partial charge in [-0.15, -0.1) is 0 Å². The van der Waals surface area contributed by atoms with Crippen molar-refractivity contribution in [1.82, 2.24) is 10.2 Å². The minimum Gasteiger partial charge on any atom is -0.354 e. The van der Waals surface area contributed by atoms with Crippen molar-refractivity contribution in [3.05, 3.63) is 35.4 Å². The first-order chi connectivity index (χ1) is 10.9. The molecule has 1 aromatic carbocycles. The fourth-order valence-electron chi connectivity index (χ4n) is 2.73. The Bertz CT molecular complexity index is 592. The maximum atomic E-state index is 13.8. The monoisotopic (exact) mass is 324 g/mol. The second-order valence-electron chi connectivity index (χ2n) is 6.01. The van der Waals surface area contributed by atoms with Crippen LogP contribution in [0.2, 0.25) is 0 Å². The van der Waals surface area contributed by atoms with Gasteiger partial charge in [0.25, 0.3) is 0 Å². The van der Waals surface area contributed by atoms with Gasteiger partial charge in [0.05, 0.1) is 0 Å². The smallest absolute Gasteiger partial charge is 0.223 e. The molecule has 126 valence electrons. The van der Waals surface area contributed by atoms with Crippen molar-refractivity contribution in [2.75, 3.05) is 0 Å². The van der Waals surface area contributed by atoms with Gasteiger partial charge in [-0.2, -0.15) is 0 Å². The molecular formula is C17H22F2N2O2. The van der Waals surface area contributed by atoms with Crippen molar-refractivity contribution < 1.29 is 18.4 Å². The van der Waals surface area contributed by atoms with Crippen LogP contribution in [0.4, 0.5) is 8.78 Å². The van der Waals surface area contributed by atoms with Gasteiger partial charge in [0.1, 0.15) is 0 Å². The van der Waals surface area contributed by atoms with E-state index >= 15 is 0 Å². The summed E-state index contributed by atoms with van der Waals surface area (Å²) in [6.45, 7) is 3.88. The molecule has 0 aliphatic carbocycles. The average molecular weight is 324 g/mol. The maximum Gasteiger partial charge on any atom is 0.223 e. The summed E-state index contributed by atoms with van der Waals surface area (Å²) in [5, 5.41) is 2.87. The third-order valence-electron chi connectivity index (χ3n) is 4.27. The lowest BCUT2D eigenvalue weighted by molar-refractivity contribution is -0.130. The molecule has 6 heteroatoms. The third kappa shape index (κ3) is 4.27. The number of halogens is 2. The largest absolute Gasteiger partial charge is 0.354 e. The molecule has 0 aromatic heterocycles. The summed E-state index contributed by atoms with van der Waals surface area (Å²) in [5.41, 5.74) is 0.132. The number of likely N-dealkylation sites (tertiary alicyclic amines) is 1. The summed E-state index contributed by atoms with van der Waals surface area (Å²) in [6, 6.07) is 3.73. The summed E-state index contributed by atoms with van der Waals surface area (Å²) < 4.78 is 27.1. The van der Waals surface area contributed by atoms with Crippen LogP contribution >= 0.6 is 0 Å². The molecule has 1 aliphatic rings. The lowest BCUT2D eigenvalue weighted by Crippen LogP contribution is -2.39. The van der Waals surface area contributed by atoms with Crippen LogP contribution in [0.3, 0.4) is 0 Å². The molecule has 1 saturated heterocycles. The van der Waals surface area contributed by atoms with Crippen molar-refractivity contribution in [2.45, 2.75) is 58.2 Å². The van der Waals surface area contributed by atoms with Gasteiger partial charge in [-0.1, -0.05) is 19.1 Å².